The molecule has 1 aliphatic heterocycles. The first kappa shape index (κ1) is 20.6. The summed E-state index contributed by atoms with van der Waals surface area (Å²) < 4.78 is 7.61. The zero-order valence-electron chi connectivity index (χ0n) is 16.8. The zero-order valence-corrected chi connectivity index (χ0v) is 16.8. The van der Waals surface area contributed by atoms with Crippen LogP contribution in [0.15, 0.2) is 18.2 Å². The summed E-state index contributed by atoms with van der Waals surface area (Å²) in [6, 6.07) is 6.47. The second-order valence-corrected chi connectivity index (χ2v) is 7.79. The van der Waals surface area contributed by atoms with Crippen molar-refractivity contribution >= 4 is 17.3 Å². The van der Waals surface area contributed by atoms with Crippen LogP contribution in [0.3, 0.4) is 0 Å². The van der Waals surface area contributed by atoms with Gasteiger partial charge in [-0.3, -0.25) is 4.79 Å². The van der Waals surface area contributed by atoms with Crippen molar-refractivity contribution in [1.82, 2.24) is 5.32 Å². The molecule has 0 radical (unpaired) electrons. The average molecular weight is 362 g/mol. The van der Waals surface area contributed by atoms with E-state index in [1.165, 1.54) is 17.0 Å². The Labute approximate surface area is 157 Å². The van der Waals surface area contributed by atoms with Crippen molar-refractivity contribution in [2.24, 2.45) is 5.92 Å². The monoisotopic (exact) mass is 361 g/mol. The zero-order chi connectivity index (χ0) is 19.3. The van der Waals surface area contributed by atoms with Gasteiger partial charge in [-0.2, -0.15) is 0 Å². The van der Waals surface area contributed by atoms with Crippen molar-refractivity contribution in [3.05, 3.63) is 29.3 Å². The highest BCUT2D eigenvalue weighted by Crippen LogP contribution is 2.41. The lowest BCUT2D eigenvalue weighted by Gasteiger charge is -2.20. The van der Waals surface area contributed by atoms with Gasteiger partial charge < -0.3 is 15.2 Å². The number of hydrogen-bond donors (Lipinski definition) is 2. The van der Waals surface area contributed by atoms with E-state index < -0.39 is 0 Å². The number of nitrogens with zero attached hydrogens (tertiary/aromatic N) is 1. The standard InChI is InChI=1S/C21H32N2O3/c1-15(2)20-21(3,4)17-13-16(7-8-18(17)23(20)5)14-22-19(25)9-12-26-11-6-10-24/h7-8,13,15,24H,6,9-12,14H2,1-5H3/p+1. The van der Waals surface area contributed by atoms with Crippen LogP contribution in [0.1, 0.15) is 51.7 Å². The maximum Gasteiger partial charge on any atom is 0.222 e. The van der Waals surface area contributed by atoms with Gasteiger partial charge in [-0.15, -0.1) is 0 Å². The number of carbonyl (C=O) groups is 1. The Morgan fingerprint density at radius 3 is 2.69 bits per heavy atom. The molecule has 0 aromatic heterocycles. The van der Waals surface area contributed by atoms with E-state index in [2.05, 4.69) is 62.8 Å². The molecule has 1 amide bonds. The van der Waals surface area contributed by atoms with Crippen LogP contribution in [0.5, 0.6) is 0 Å². The van der Waals surface area contributed by atoms with E-state index in [1.54, 1.807) is 0 Å². The van der Waals surface area contributed by atoms with Crippen molar-refractivity contribution in [2.45, 2.75) is 52.5 Å². The highest BCUT2D eigenvalue weighted by Gasteiger charge is 2.45. The average Bonchev–Trinajstić information content (AvgIpc) is 2.78. The molecule has 5 heteroatoms. The predicted octanol–water partition coefficient (Wildman–Crippen LogP) is 2.75. The first-order chi connectivity index (χ1) is 12.3. The van der Waals surface area contributed by atoms with Gasteiger partial charge in [0.25, 0.3) is 0 Å². The number of fused-ring (bicyclic) bond motifs is 1. The third-order valence-electron chi connectivity index (χ3n) is 5.05. The largest absolute Gasteiger partial charge is 0.396 e. The quantitative estimate of drug-likeness (QED) is 0.525. The molecule has 0 spiro atoms. The molecule has 0 unspecified atom stereocenters. The first-order valence-corrected chi connectivity index (χ1v) is 9.48. The van der Waals surface area contributed by atoms with Crippen LogP contribution in [0.4, 0.5) is 5.69 Å². The molecular weight excluding hydrogens is 328 g/mol. The number of carbonyl (C=O) groups excluding carboxylic acids is 1. The molecule has 0 fully saturated rings. The summed E-state index contributed by atoms with van der Waals surface area (Å²) in [6.45, 7) is 10.6. The molecule has 1 aromatic rings. The van der Waals surface area contributed by atoms with Gasteiger partial charge in [0.05, 0.1) is 12.0 Å². The molecule has 0 aliphatic carbocycles. The van der Waals surface area contributed by atoms with Crippen molar-refractivity contribution in [2.75, 3.05) is 26.9 Å². The van der Waals surface area contributed by atoms with Crippen molar-refractivity contribution in [3.63, 3.8) is 0 Å². The van der Waals surface area contributed by atoms with Crippen LogP contribution in [-0.4, -0.2) is 48.2 Å². The molecule has 1 aliphatic rings. The Morgan fingerprint density at radius 1 is 1.31 bits per heavy atom. The maximum atomic E-state index is 12.0. The van der Waals surface area contributed by atoms with E-state index in [-0.39, 0.29) is 17.9 Å². The summed E-state index contributed by atoms with van der Waals surface area (Å²) >= 11 is 0. The molecule has 0 bridgehead atoms. The fraction of sp³-hybridized carbons (Fsp3) is 0.619. The van der Waals surface area contributed by atoms with E-state index >= 15 is 0 Å². The summed E-state index contributed by atoms with van der Waals surface area (Å²) in [4.78, 5) is 12.0. The molecule has 0 saturated carbocycles. The van der Waals surface area contributed by atoms with Crippen molar-refractivity contribution in [3.8, 4) is 0 Å². The smallest absolute Gasteiger partial charge is 0.222 e. The van der Waals surface area contributed by atoms with Gasteiger partial charge in [-0.25, -0.2) is 4.58 Å². The van der Waals surface area contributed by atoms with Gasteiger partial charge in [0.1, 0.15) is 7.05 Å². The molecule has 1 aromatic carbocycles. The Balaban J connectivity index is 1.95. The Morgan fingerprint density at radius 2 is 2.04 bits per heavy atom. The Hall–Kier alpha value is -1.72. The van der Waals surface area contributed by atoms with E-state index in [9.17, 15) is 4.79 Å². The number of amides is 1. The van der Waals surface area contributed by atoms with Gasteiger partial charge in [0.2, 0.25) is 11.6 Å². The van der Waals surface area contributed by atoms with Gasteiger partial charge in [-0.05, 0) is 31.9 Å². The molecule has 5 nitrogen and oxygen atoms in total. The van der Waals surface area contributed by atoms with Crippen molar-refractivity contribution in [1.29, 1.82) is 0 Å². The molecule has 2 rings (SSSR count). The molecule has 26 heavy (non-hydrogen) atoms. The summed E-state index contributed by atoms with van der Waals surface area (Å²) in [7, 11) is 2.14. The van der Waals surface area contributed by atoms with Crippen LogP contribution in [0, 0.1) is 5.92 Å². The number of aliphatic hydroxyl groups is 1. The fourth-order valence-corrected chi connectivity index (χ4v) is 4.00. The van der Waals surface area contributed by atoms with Gasteiger partial charge in [0.15, 0.2) is 5.71 Å². The second kappa shape index (κ2) is 8.78. The predicted molar refractivity (Wildman–Crippen MR) is 104 cm³/mol. The molecule has 0 saturated heterocycles. The minimum atomic E-state index is -0.0136. The molecule has 1 heterocycles. The van der Waals surface area contributed by atoms with E-state index in [1.807, 2.05) is 0 Å². The lowest BCUT2D eigenvalue weighted by molar-refractivity contribution is -0.405. The normalized spacial score (nSPS) is 15.5. The summed E-state index contributed by atoms with van der Waals surface area (Å²) in [6.07, 6.45) is 0.951. The van der Waals surface area contributed by atoms with Crippen LogP contribution >= 0.6 is 0 Å². The first-order valence-electron chi connectivity index (χ1n) is 9.48. The fourth-order valence-electron chi connectivity index (χ4n) is 4.00. The number of rotatable bonds is 9. The summed E-state index contributed by atoms with van der Waals surface area (Å²) in [5.41, 5.74) is 5.12. The molecular formula is C21H33N2O3+. The van der Waals surface area contributed by atoms with Gasteiger partial charge in [-0.1, -0.05) is 19.9 Å². The van der Waals surface area contributed by atoms with E-state index in [0.717, 1.165) is 5.56 Å². The number of benzene rings is 1. The number of nitrogens with one attached hydrogen (secondary N) is 1. The van der Waals surface area contributed by atoms with Crippen LogP contribution < -0.4 is 5.32 Å². The Bertz CT molecular complexity index is 678. The molecule has 144 valence electrons. The second-order valence-electron chi connectivity index (χ2n) is 7.79. The molecule has 2 N–H and O–H groups in total. The third-order valence-corrected chi connectivity index (χ3v) is 5.05. The summed E-state index contributed by atoms with van der Waals surface area (Å²) in [5.74, 6) is 0.469. The number of ether oxygens (including phenoxy) is 1. The molecule has 0 atom stereocenters. The SMILES string of the molecule is CC(C)C1=[N+](C)c2ccc(CNC(=O)CCOCCCO)cc2C1(C)C. The minimum Gasteiger partial charge on any atom is -0.396 e. The third kappa shape index (κ3) is 4.51. The number of hydrogen-bond acceptors (Lipinski definition) is 3. The lowest BCUT2D eigenvalue weighted by atomic mass is 9.77. The number of aliphatic hydroxyl groups excluding tert-OH is 1. The van der Waals surface area contributed by atoms with Crippen LogP contribution in [0.25, 0.3) is 0 Å². The van der Waals surface area contributed by atoms with Crippen LogP contribution in [0.2, 0.25) is 0 Å². The minimum absolute atomic E-state index is 0.00118. The highest BCUT2D eigenvalue weighted by atomic mass is 16.5. The van der Waals surface area contributed by atoms with Crippen LogP contribution in [-0.2, 0) is 21.5 Å². The lowest BCUT2D eigenvalue weighted by Crippen LogP contribution is -2.32. The summed E-state index contributed by atoms with van der Waals surface area (Å²) in [5, 5.41) is 11.7. The highest BCUT2D eigenvalue weighted by molar-refractivity contribution is 5.96. The topological polar surface area (TPSA) is 61.6 Å². The van der Waals surface area contributed by atoms with E-state index in [4.69, 9.17) is 9.84 Å². The Kier molecular flexibility index (Phi) is 6.95. The van der Waals surface area contributed by atoms with Gasteiger partial charge in [0, 0.05) is 43.7 Å². The van der Waals surface area contributed by atoms with Crippen molar-refractivity contribution < 1.29 is 19.2 Å². The van der Waals surface area contributed by atoms with Gasteiger partial charge >= 0.3 is 0 Å². The maximum absolute atomic E-state index is 12.0. The van der Waals surface area contributed by atoms with E-state index in [0.29, 0.717) is 38.5 Å².